The van der Waals surface area contributed by atoms with Crippen molar-refractivity contribution in [1.29, 1.82) is 0 Å². The first-order valence-corrected chi connectivity index (χ1v) is 5.64. The van der Waals surface area contributed by atoms with Crippen LogP contribution in [0, 0.1) is 0 Å². The average molecular weight is 216 g/mol. The Labute approximate surface area is 92.7 Å². The molecule has 1 aliphatic rings. The summed E-state index contributed by atoms with van der Waals surface area (Å²) in [7, 11) is 3.38. The zero-order valence-corrected chi connectivity index (χ0v) is 10.4. The van der Waals surface area contributed by atoms with Gasteiger partial charge in [0, 0.05) is 26.3 Å². The summed E-state index contributed by atoms with van der Waals surface area (Å²) in [6.07, 6.45) is 2.01. The fourth-order valence-electron chi connectivity index (χ4n) is 2.01. The molecule has 15 heavy (non-hydrogen) atoms. The van der Waals surface area contributed by atoms with Crippen LogP contribution in [0.5, 0.6) is 0 Å². The predicted octanol–water partition coefficient (Wildman–Crippen LogP) is 0.809. The highest BCUT2D eigenvalue weighted by molar-refractivity contribution is 4.95. The molecule has 1 rings (SSSR count). The van der Waals surface area contributed by atoms with E-state index in [1.165, 1.54) is 0 Å². The van der Waals surface area contributed by atoms with E-state index < -0.39 is 0 Å². The Morgan fingerprint density at radius 3 is 2.00 bits per heavy atom. The Morgan fingerprint density at radius 1 is 1.20 bits per heavy atom. The van der Waals surface area contributed by atoms with Crippen LogP contribution in [-0.4, -0.2) is 50.1 Å². The minimum Gasteiger partial charge on any atom is -0.351 e. The van der Waals surface area contributed by atoms with Crippen LogP contribution < -0.4 is 5.73 Å². The molecule has 0 aromatic rings. The first-order chi connectivity index (χ1) is 7.03. The normalized spacial score (nSPS) is 21.4. The number of methoxy groups -OCH3 is 2. The molecule has 0 bridgehead atoms. The molecule has 90 valence electrons. The second-order valence-corrected chi connectivity index (χ2v) is 4.53. The average Bonchev–Trinajstić information content (AvgIpc) is 2.22. The van der Waals surface area contributed by atoms with Gasteiger partial charge in [0.15, 0.2) is 5.79 Å². The highest BCUT2D eigenvalue weighted by atomic mass is 16.7. The summed E-state index contributed by atoms with van der Waals surface area (Å²) in [6, 6.07) is 0. The smallest absolute Gasteiger partial charge is 0.193 e. The van der Waals surface area contributed by atoms with Gasteiger partial charge in [-0.3, -0.25) is 4.90 Å². The Balaban J connectivity index is 2.39. The van der Waals surface area contributed by atoms with Crippen molar-refractivity contribution in [1.82, 2.24) is 4.90 Å². The van der Waals surface area contributed by atoms with Gasteiger partial charge >= 0.3 is 0 Å². The Morgan fingerprint density at radius 2 is 1.67 bits per heavy atom. The lowest BCUT2D eigenvalue weighted by Crippen LogP contribution is -2.67. The van der Waals surface area contributed by atoms with E-state index in [4.69, 9.17) is 15.2 Å². The molecule has 0 aliphatic carbocycles. The molecule has 0 spiro atoms. The molecule has 0 aromatic heterocycles. The van der Waals surface area contributed by atoms with Gasteiger partial charge in [0.05, 0.1) is 13.1 Å². The SMILES string of the molecule is CCC(N)(CC)CN1CC(OC)(OC)C1. The number of nitrogens with zero attached hydrogens (tertiary/aromatic N) is 1. The van der Waals surface area contributed by atoms with Crippen LogP contribution in [0.15, 0.2) is 0 Å². The largest absolute Gasteiger partial charge is 0.351 e. The lowest BCUT2D eigenvalue weighted by Gasteiger charge is -2.50. The molecule has 0 saturated carbocycles. The highest BCUT2D eigenvalue weighted by Gasteiger charge is 2.45. The van der Waals surface area contributed by atoms with E-state index in [0.717, 1.165) is 32.5 Å². The van der Waals surface area contributed by atoms with Crippen molar-refractivity contribution in [3.63, 3.8) is 0 Å². The predicted molar refractivity (Wildman–Crippen MR) is 60.7 cm³/mol. The van der Waals surface area contributed by atoms with Gasteiger partial charge in [-0.15, -0.1) is 0 Å². The third-order valence-corrected chi connectivity index (χ3v) is 3.62. The van der Waals surface area contributed by atoms with Gasteiger partial charge in [0.25, 0.3) is 0 Å². The summed E-state index contributed by atoms with van der Waals surface area (Å²) in [4.78, 5) is 2.29. The Hall–Kier alpha value is -0.160. The fourth-order valence-corrected chi connectivity index (χ4v) is 2.01. The van der Waals surface area contributed by atoms with Crippen LogP contribution in [0.25, 0.3) is 0 Å². The second kappa shape index (κ2) is 4.78. The molecule has 0 atom stereocenters. The van der Waals surface area contributed by atoms with E-state index >= 15 is 0 Å². The van der Waals surface area contributed by atoms with Crippen LogP contribution in [0.4, 0.5) is 0 Å². The summed E-state index contributed by atoms with van der Waals surface area (Å²) in [6.45, 7) is 6.85. The van der Waals surface area contributed by atoms with Crippen molar-refractivity contribution in [3.05, 3.63) is 0 Å². The third kappa shape index (κ3) is 2.69. The molecule has 0 radical (unpaired) electrons. The molecule has 0 amide bonds. The third-order valence-electron chi connectivity index (χ3n) is 3.62. The summed E-state index contributed by atoms with van der Waals surface area (Å²) >= 11 is 0. The van der Waals surface area contributed by atoms with Crippen molar-refractivity contribution >= 4 is 0 Å². The van der Waals surface area contributed by atoms with Crippen molar-refractivity contribution < 1.29 is 9.47 Å². The first-order valence-electron chi connectivity index (χ1n) is 5.64. The monoisotopic (exact) mass is 216 g/mol. The van der Waals surface area contributed by atoms with Crippen molar-refractivity contribution in [3.8, 4) is 0 Å². The molecule has 2 N–H and O–H groups in total. The van der Waals surface area contributed by atoms with E-state index in [2.05, 4.69) is 18.7 Å². The fraction of sp³-hybridized carbons (Fsp3) is 1.00. The van der Waals surface area contributed by atoms with Gasteiger partial charge in [-0.05, 0) is 12.8 Å². The van der Waals surface area contributed by atoms with Crippen LogP contribution in [0.3, 0.4) is 0 Å². The zero-order chi connectivity index (χ0) is 11.5. The van der Waals surface area contributed by atoms with Crippen molar-refractivity contribution in [2.75, 3.05) is 33.9 Å². The molecular weight excluding hydrogens is 192 g/mol. The molecule has 0 unspecified atom stereocenters. The maximum atomic E-state index is 6.26. The maximum absolute atomic E-state index is 6.26. The Kier molecular flexibility index (Phi) is 4.12. The lowest BCUT2D eigenvalue weighted by atomic mass is 9.91. The van der Waals surface area contributed by atoms with Gasteiger partial charge in [0.2, 0.25) is 0 Å². The summed E-state index contributed by atoms with van der Waals surface area (Å²) in [5.41, 5.74) is 6.19. The van der Waals surface area contributed by atoms with Crippen LogP contribution in [0.2, 0.25) is 0 Å². The molecule has 1 saturated heterocycles. The number of hydrogen-bond donors (Lipinski definition) is 1. The number of hydrogen-bond acceptors (Lipinski definition) is 4. The molecular formula is C11H24N2O2. The minimum absolute atomic E-state index is 0.0619. The van der Waals surface area contributed by atoms with Gasteiger partial charge in [-0.2, -0.15) is 0 Å². The number of ether oxygens (including phenoxy) is 2. The summed E-state index contributed by atoms with van der Waals surface area (Å²) < 4.78 is 10.7. The topological polar surface area (TPSA) is 47.7 Å². The molecule has 4 heteroatoms. The quantitative estimate of drug-likeness (QED) is 0.667. The van der Waals surface area contributed by atoms with E-state index in [1.54, 1.807) is 14.2 Å². The van der Waals surface area contributed by atoms with Crippen LogP contribution >= 0.6 is 0 Å². The first kappa shape index (κ1) is 12.9. The zero-order valence-electron chi connectivity index (χ0n) is 10.4. The summed E-state index contributed by atoms with van der Waals surface area (Å²) in [5, 5.41) is 0. The van der Waals surface area contributed by atoms with E-state index in [9.17, 15) is 0 Å². The van der Waals surface area contributed by atoms with Gasteiger partial charge < -0.3 is 15.2 Å². The molecule has 0 aromatic carbocycles. The van der Waals surface area contributed by atoms with Gasteiger partial charge in [-0.25, -0.2) is 0 Å². The number of rotatable bonds is 6. The van der Waals surface area contributed by atoms with Gasteiger partial charge in [0.1, 0.15) is 0 Å². The van der Waals surface area contributed by atoms with Crippen LogP contribution in [0.1, 0.15) is 26.7 Å². The van der Waals surface area contributed by atoms with E-state index in [0.29, 0.717) is 0 Å². The van der Waals surface area contributed by atoms with E-state index in [-0.39, 0.29) is 11.3 Å². The Bertz CT molecular complexity index is 193. The standard InChI is InChI=1S/C11H24N2O2/c1-5-10(12,6-2)7-13-8-11(9-13,14-3)15-4/h5-9,12H2,1-4H3. The van der Waals surface area contributed by atoms with Crippen molar-refractivity contribution in [2.45, 2.75) is 38.0 Å². The summed E-state index contributed by atoms with van der Waals surface area (Å²) in [5.74, 6) is -0.387. The molecule has 1 fully saturated rings. The number of nitrogens with two attached hydrogens (primary N) is 1. The molecule has 4 nitrogen and oxygen atoms in total. The highest BCUT2D eigenvalue weighted by Crippen LogP contribution is 2.27. The molecule has 1 aliphatic heterocycles. The van der Waals surface area contributed by atoms with Gasteiger partial charge in [-0.1, -0.05) is 13.8 Å². The van der Waals surface area contributed by atoms with Crippen molar-refractivity contribution in [2.24, 2.45) is 5.73 Å². The molecule has 1 heterocycles. The van der Waals surface area contributed by atoms with Crippen LogP contribution in [-0.2, 0) is 9.47 Å². The second-order valence-electron chi connectivity index (χ2n) is 4.53. The number of likely N-dealkylation sites (tertiary alicyclic amines) is 1. The minimum atomic E-state index is -0.387. The lowest BCUT2D eigenvalue weighted by molar-refractivity contribution is -0.277. The maximum Gasteiger partial charge on any atom is 0.193 e. The van der Waals surface area contributed by atoms with E-state index in [1.807, 2.05) is 0 Å².